The van der Waals surface area contributed by atoms with Crippen LogP contribution in [0.25, 0.3) is 11.4 Å². The molecule has 13 heteroatoms. The predicted molar refractivity (Wildman–Crippen MR) is 93.7 cm³/mol. The number of alkyl halides is 6. The first-order valence-corrected chi connectivity index (χ1v) is 8.95. The second-order valence-corrected chi connectivity index (χ2v) is 6.84. The number of carbonyl (C=O) groups is 1. The summed E-state index contributed by atoms with van der Waals surface area (Å²) < 4.78 is 80.6. The lowest BCUT2D eigenvalue weighted by molar-refractivity contribution is -0.142. The lowest BCUT2D eigenvalue weighted by Crippen LogP contribution is -2.38. The standard InChI is InChI=1S/C17H18F6N6O/c18-16(19,20)10-5-9(7-26-14(30)8-1-3-25-4-2-8)12(11(6-10)17(21,22)23)13-27-15(24)29-28-13/h5-6,8,25H,1-4,7H2,(H,26,30)(H3,24,27,28,29). The molecule has 1 aromatic carbocycles. The number of carbonyl (C=O) groups excluding carboxylic acids is 1. The van der Waals surface area contributed by atoms with Crippen LogP contribution in [0.5, 0.6) is 0 Å². The Morgan fingerprint density at radius 2 is 1.80 bits per heavy atom. The van der Waals surface area contributed by atoms with E-state index in [-0.39, 0.29) is 17.9 Å². The van der Waals surface area contributed by atoms with Crippen LogP contribution in [0.15, 0.2) is 12.1 Å². The van der Waals surface area contributed by atoms with Crippen LogP contribution in [-0.2, 0) is 23.7 Å². The maximum absolute atomic E-state index is 13.6. The second-order valence-electron chi connectivity index (χ2n) is 6.84. The lowest BCUT2D eigenvalue weighted by atomic mass is 9.94. The minimum atomic E-state index is -5.12. The molecule has 1 aromatic heterocycles. The van der Waals surface area contributed by atoms with Gasteiger partial charge in [-0.25, -0.2) is 0 Å². The average Bonchev–Trinajstić information content (AvgIpc) is 3.10. The summed E-state index contributed by atoms with van der Waals surface area (Å²) in [5.41, 5.74) is 1.25. The van der Waals surface area contributed by atoms with Crippen molar-refractivity contribution in [1.82, 2.24) is 25.8 Å². The Balaban J connectivity index is 2.05. The van der Waals surface area contributed by atoms with Crippen LogP contribution in [0.3, 0.4) is 0 Å². The molecule has 0 bridgehead atoms. The average molecular weight is 436 g/mol. The Labute approximate surface area is 166 Å². The summed E-state index contributed by atoms with van der Waals surface area (Å²) in [6.07, 6.45) is -9.10. The van der Waals surface area contributed by atoms with E-state index in [9.17, 15) is 31.1 Å². The van der Waals surface area contributed by atoms with Crippen LogP contribution < -0.4 is 16.4 Å². The van der Waals surface area contributed by atoms with Gasteiger partial charge < -0.3 is 16.4 Å². The molecule has 1 fully saturated rings. The third-order valence-electron chi connectivity index (χ3n) is 4.76. The molecule has 1 amide bonds. The van der Waals surface area contributed by atoms with Crippen molar-refractivity contribution >= 4 is 11.9 Å². The van der Waals surface area contributed by atoms with E-state index in [2.05, 4.69) is 25.8 Å². The molecule has 3 rings (SSSR count). The van der Waals surface area contributed by atoms with Crippen LogP contribution in [0, 0.1) is 5.92 Å². The number of hydrogen-bond donors (Lipinski definition) is 4. The Morgan fingerprint density at radius 1 is 1.13 bits per heavy atom. The van der Waals surface area contributed by atoms with E-state index in [1.54, 1.807) is 0 Å². The molecule has 0 unspecified atom stereocenters. The third-order valence-corrected chi connectivity index (χ3v) is 4.76. The van der Waals surface area contributed by atoms with Crippen LogP contribution >= 0.6 is 0 Å². The molecule has 2 aromatic rings. The van der Waals surface area contributed by atoms with Crippen LogP contribution in [0.2, 0.25) is 0 Å². The highest BCUT2D eigenvalue weighted by molar-refractivity contribution is 5.79. The molecule has 1 aliphatic rings. The van der Waals surface area contributed by atoms with Gasteiger partial charge in [0.25, 0.3) is 0 Å². The van der Waals surface area contributed by atoms with Gasteiger partial charge in [0, 0.05) is 18.0 Å². The normalized spacial score (nSPS) is 15.9. The summed E-state index contributed by atoms with van der Waals surface area (Å²) in [5.74, 6) is -1.63. The van der Waals surface area contributed by atoms with Gasteiger partial charge in [0.15, 0.2) is 5.82 Å². The highest BCUT2D eigenvalue weighted by Gasteiger charge is 2.40. The smallest absolute Gasteiger partial charge is 0.366 e. The Kier molecular flexibility index (Phi) is 5.92. The predicted octanol–water partition coefficient (Wildman–Crippen LogP) is 2.71. The van der Waals surface area contributed by atoms with Gasteiger partial charge in [-0.05, 0) is 43.6 Å². The van der Waals surface area contributed by atoms with Crippen molar-refractivity contribution in [2.45, 2.75) is 31.7 Å². The minimum absolute atomic E-state index is 0.00612. The molecule has 30 heavy (non-hydrogen) atoms. The van der Waals surface area contributed by atoms with E-state index in [0.29, 0.717) is 32.0 Å². The number of aromatic nitrogens is 3. The molecule has 0 atom stereocenters. The molecule has 1 aliphatic heterocycles. The lowest BCUT2D eigenvalue weighted by Gasteiger charge is -2.23. The molecule has 1 saturated heterocycles. The van der Waals surface area contributed by atoms with Crippen molar-refractivity contribution in [2.24, 2.45) is 5.92 Å². The van der Waals surface area contributed by atoms with Gasteiger partial charge in [-0.15, -0.1) is 5.10 Å². The van der Waals surface area contributed by atoms with Crippen molar-refractivity contribution in [3.63, 3.8) is 0 Å². The molecule has 0 radical (unpaired) electrons. The summed E-state index contributed by atoms with van der Waals surface area (Å²) >= 11 is 0. The van der Waals surface area contributed by atoms with Gasteiger partial charge in [0.1, 0.15) is 0 Å². The fraction of sp³-hybridized carbons (Fsp3) is 0.471. The van der Waals surface area contributed by atoms with Gasteiger partial charge >= 0.3 is 12.4 Å². The maximum Gasteiger partial charge on any atom is 0.417 e. The summed E-state index contributed by atoms with van der Waals surface area (Å²) in [4.78, 5) is 16.0. The number of H-pyrrole nitrogens is 1. The molecular weight excluding hydrogens is 418 g/mol. The van der Waals surface area contributed by atoms with Crippen LogP contribution in [0.1, 0.15) is 29.5 Å². The van der Waals surface area contributed by atoms with E-state index in [1.807, 2.05) is 0 Å². The Bertz CT molecular complexity index is 916. The number of amides is 1. The quantitative estimate of drug-likeness (QED) is 0.552. The van der Waals surface area contributed by atoms with Gasteiger partial charge in [-0.2, -0.15) is 31.3 Å². The van der Waals surface area contributed by atoms with Gasteiger partial charge in [-0.1, -0.05) is 0 Å². The zero-order valence-corrected chi connectivity index (χ0v) is 15.4. The first-order chi connectivity index (χ1) is 14.0. The van der Waals surface area contributed by atoms with Crippen molar-refractivity contribution in [1.29, 1.82) is 0 Å². The summed E-state index contributed by atoms with van der Waals surface area (Å²) in [6.45, 7) is 0.649. The fourth-order valence-corrected chi connectivity index (χ4v) is 3.31. The van der Waals surface area contributed by atoms with Crippen molar-refractivity contribution in [3.8, 4) is 11.4 Å². The van der Waals surface area contributed by atoms with E-state index < -0.39 is 52.9 Å². The molecule has 7 nitrogen and oxygen atoms in total. The largest absolute Gasteiger partial charge is 0.417 e. The van der Waals surface area contributed by atoms with Crippen LogP contribution in [-0.4, -0.2) is 34.2 Å². The van der Waals surface area contributed by atoms with Crippen molar-refractivity contribution in [3.05, 3.63) is 28.8 Å². The zero-order valence-electron chi connectivity index (χ0n) is 15.4. The molecule has 2 heterocycles. The SMILES string of the molecule is Nc1n[nH]c(-c2c(CNC(=O)C3CCNCC3)cc(C(F)(F)F)cc2C(F)(F)F)n1. The first kappa shape index (κ1) is 21.9. The number of piperidine rings is 1. The van der Waals surface area contributed by atoms with E-state index in [4.69, 9.17) is 5.73 Å². The number of rotatable bonds is 4. The fourth-order valence-electron chi connectivity index (χ4n) is 3.31. The number of anilines is 1. The highest BCUT2D eigenvalue weighted by atomic mass is 19.4. The van der Waals surface area contributed by atoms with E-state index in [0.717, 1.165) is 0 Å². The monoisotopic (exact) mass is 436 g/mol. The highest BCUT2D eigenvalue weighted by Crippen LogP contribution is 2.42. The zero-order chi connectivity index (χ0) is 22.1. The number of aromatic amines is 1. The van der Waals surface area contributed by atoms with Gasteiger partial charge in [-0.3, -0.25) is 9.89 Å². The Hall–Kier alpha value is -2.83. The van der Waals surface area contributed by atoms with Crippen molar-refractivity contribution in [2.75, 3.05) is 18.8 Å². The maximum atomic E-state index is 13.6. The van der Waals surface area contributed by atoms with Crippen LogP contribution in [0.4, 0.5) is 32.3 Å². The molecule has 0 spiro atoms. The third kappa shape index (κ3) is 4.83. The number of hydrogen-bond acceptors (Lipinski definition) is 5. The van der Waals surface area contributed by atoms with Crippen molar-refractivity contribution < 1.29 is 31.1 Å². The Morgan fingerprint density at radius 3 is 2.33 bits per heavy atom. The number of nitrogens with two attached hydrogens (primary N) is 1. The molecule has 164 valence electrons. The summed E-state index contributed by atoms with van der Waals surface area (Å²) in [7, 11) is 0. The number of benzene rings is 1. The topological polar surface area (TPSA) is 109 Å². The second kappa shape index (κ2) is 8.13. The summed E-state index contributed by atoms with van der Waals surface area (Å²) in [6, 6.07) is 0.568. The van der Waals surface area contributed by atoms with Gasteiger partial charge in [0.2, 0.25) is 11.9 Å². The number of nitrogens with zero attached hydrogens (tertiary/aromatic N) is 2. The molecule has 0 aliphatic carbocycles. The number of nitrogens with one attached hydrogen (secondary N) is 3. The minimum Gasteiger partial charge on any atom is -0.366 e. The molecule has 5 N–H and O–H groups in total. The van der Waals surface area contributed by atoms with Gasteiger partial charge in [0.05, 0.1) is 11.1 Å². The number of nitrogen functional groups attached to an aromatic ring is 1. The van der Waals surface area contributed by atoms with E-state index >= 15 is 0 Å². The first-order valence-electron chi connectivity index (χ1n) is 8.95. The number of halogens is 6. The molecule has 0 saturated carbocycles. The van der Waals surface area contributed by atoms with E-state index in [1.165, 1.54) is 0 Å². The summed E-state index contributed by atoms with van der Waals surface area (Å²) in [5, 5.41) is 11.2. The molecular formula is C17H18F6N6O.